The summed E-state index contributed by atoms with van der Waals surface area (Å²) in [5, 5.41) is 8.98. The lowest BCUT2D eigenvalue weighted by atomic mass is 10.0. The molecule has 0 saturated carbocycles. The van der Waals surface area contributed by atoms with Crippen LogP contribution in [-0.2, 0) is 7.05 Å². The zero-order valence-electron chi connectivity index (χ0n) is 12.9. The van der Waals surface area contributed by atoms with Gasteiger partial charge in [-0.3, -0.25) is 4.68 Å². The van der Waals surface area contributed by atoms with Crippen molar-refractivity contribution in [3.05, 3.63) is 66.4 Å². The Morgan fingerprint density at radius 1 is 0.957 bits per heavy atom. The van der Waals surface area contributed by atoms with Gasteiger partial charge in [-0.25, -0.2) is 8.91 Å². The van der Waals surface area contributed by atoms with E-state index in [2.05, 4.69) is 17.2 Å². The van der Waals surface area contributed by atoms with Crippen LogP contribution in [0.1, 0.15) is 5.56 Å². The van der Waals surface area contributed by atoms with Crippen LogP contribution in [0.15, 0.2) is 55.0 Å². The maximum absolute atomic E-state index is 13.2. The summed E-state index contributed by atoms with van der Waals surface area (Å²) in [5.74, 6) is -0.253. The zero-order valence-corrected chi connectivity index (χ0v) is 12.9. The van der Waals surface area contributed by atoms with Crippen molar-refractivity contribution in [2.75, 3.05) is 0 Å². The molecule has 3 aromatic heterocycles. The molecule has 0 saturated heterocycles. The maximum Gasteiger partial charge on any atom is 0.123 e. The van der Waals surface area contributed by atoms with Crippen molar-refractivity contribution in [2.45, 2.75) is 6.92 Å². The summed E-state index contributed by atoms with van der Waals surface area (Å²) >= 11 is 0. The smallest absolute Gasteiger partial charge is 0.123 e. The van der Waals surface area contributed by atoms with Gasteiger partial charge in [-0.15, -0.1) is 0 Å². The molecule has 4 aromatic rings. The van der Waals surface area contributed by atoms with E-state index in [1.54, 1.807) is 16.8 Å². The molecule has 3 heterocycles. The highest BCUT2D eigenvalue weighted by atomic mass is 19.1. The minimum absolute atomic E-state index is 0.253. The maximum atomic E-state index is 13.2. The second kappa shape index (κ2) is 5.05. The lowest BCUT2D eigenvalue weighted by molar-refractivity contribution is 0.628. The standard InChI is InChI=1S/C18H15FN4/c1-12-3-8-16-17(14-9-20-22(2)11-14)18(21-23(16)10-12)13-4-6-15(19)7-5-13/h3-11H,1-2H3. The molecule has 0 bridgehead atoms. The first-order valence-electron chi connectivity index (χ1n) is 7.36. The molecule has 0 aliphatic heterocycles. The molecule has 114 valence electrons. The zero-order chi connectivity index (χ0) is 16.0. The SMILES string of the molecule is Cc1ccc2c(-c3cnn(C)c3)c(-c3ccc(F)cc3)nn2c1. The second-order valence-electron chi connectivity index (χ2n) is 5.67. The van der Waals surface area contributed by atoms with Crippen molar-refractivity contribution < 1.29 is 4.39 Å². The quantitative estimate of drug-likeness (QED) is 0.564. The molecular weight excluding hydrogens is 291 g/mol. The number of pyridine rings is 1. The Bertz CT molecular complexity index is 996. The Balaban J connectivity index is 2.04. The summed E-state index contributed by atoms with van der Waals surface area (Å²) in [7, 11) is 1.89. The minimum Gasteiger partial charge on any atom is -0.275 e. The number of benzene rings is 1. The first-order chi connectivity index (χ1) is 11.1. The number of nitrogens with zero attached hydrogens (tertiary/aromatic N) is 4. The molecular formula is C18H15FN4. The van der Waals surface area contributed by atoms with Crippen LogP contribution in [-0.4, -0.2) is 19.4 Å². The third kappa shape index (κ3) is 2.30. The van der Waals surface area contributed by atoms with Crippen LogP contribution in [0.3, 0.4) is 0 Å². The van der Waals surface area contributed by atoms with Gasteiger partial charge in [-0.1, -0.05) is 6.07 Å². The molecule has 1 aromatic carbocycles. The molecule has 0 N–H and O–H groups in total. The average molecular weight is 306 g/mol. The number of fused-ring (bicyclic) bond motifs is 1. The highest BCUT2D eigenvalue weighted by molar-refractivity contribution is 5.91. The number of halogens is 1. The summed E-state index contributed by atoms with van der Waals surface area (Å²) < 4.78 is 16.9. The van der Waals surface area contributed by atoms with Gasteiger partial charge in [-0.05, 0) is 42.8 Å². The van der Waals surface area contributed by atoms with E-state index in [1.807, 2.05) is 37.1 Å². The molecule has 4 rings (SSSR count). The van der Waals surface area contributed by atoms with Crippen LogP contribution in [0.2, 0.25) is 0 Å². The molecule has 4 nitrogen and oxygen atoms in total. The third-order valence-electron chi connectivity index (χ3n) is 3.89. The number of hydrogen-bond donors (Lipinski definition) is 0. The van der Waals surface area contributed by atoms with Crippen LogP contribution in [0.4, 0.5) is 4.39 Å². The van der Waals surface area contributed by atoms with E-state index in [9.17, 15) is 4.39 Å². The van der Waals surface area contributed by atoms with Crippen molar-refractivity contribution in [1.82, 2.24) is 19.4 Å². The van der Waals surface area contributed by atoms with Crippen LogP contribution in [0.25, 0.3) is 27.9 Å². The molecule has 0 amide bonds. The van der Waals surface area contributed by atoms with E-state index >= 15 is 0 Å². The highest BCUT2D eigenvalue weighted by Crippen LogP contribution is 2.35. The lowest BCUT2D eigenvalue weighted by Crippen LogP contribution is -1.87. The molecule has 0 radical (unpaired) electrons. The van der Waals surface area contributed by atoms with Gasteiger partial charge in [0.15, 0.2) is 0 Å². The fraction of sp³-hybridized carbons (Fsp3) is 0.111. The molecule has 0 atom stereocenters. The predicted molar refractivity (Wildman–Crippen MR) is 87.5 cm³/mol. The van der Waals surface area contributed by atoms with E-state index in [-0.39, 0.29) is 5.82 Å². The third-order valence-corrected chi connectivity index (χ3v) is 3.89. The Kier molecular flexibility index (Phi) is 3.01. The minimum atomic E-state index is -0.253. The van der Waals surface area contributed by atoms with E-state index in [0.717, 1.165) is 33.5 Å². The van der Waals surface area contributed by atoms with Crippen LogP contribution < -0.4 is 0 Å². The van der Waals surface area contributed by atoms with Crippen molar-refractivity contribution >= 4 is 5.52 Å². The topological polar surface area (TPSA) is 35.1 Å². The summed E-state index contributed by atoms with van der Waals surface area (Å²) in [6, 6.07) is 10.5. The first-order valence-corrected chi connectivity index (χ1v) is 7.36. The van der Waals surface area contributed by atoms with Gasteiger partial charge >= 0.3 is 0 Å². The van der Waals surface area contributed by atoms with Gasteiger partial charge in [0, 0.05) is 36.1 Å². The second-order valence-corrected chi connectivity index (χ2v) is 5.67. The van der Waals surface area contributed by atoms with E-state index < -0.39 is 0 Å². The van der Waals surface area contributed by atoms with Crippen molar-refractivity contribution in [1.29, 1.82) is 0 Å². The van der Waals surface area contributed by atoms with Crippen molar-refractivity contribution in [3.63, 3.8) is 0 Å². The monoisotopic (exact) mass is 306 g/mol. The average Bonchev–Trinajstić information content (AvgIpc) is 3.10. The number of rotatable bonds is 2. The van der Waals surface area contributed by atoms with E-state index in [4.69, 9.17) is 5.10 Å². The van der Waals surface area contributed by atoms with E-state index in [0.29, 0.717) is 0 Å². The fourth-order valence-electron chi connectivity index (χ4n) is 2.80. The number of aryl methyl sites for hydroxylation is 2. The van der Waals surface area contributed by atoms with Crippen LogP contribution >= 0.6 is 0 Å². The normalized spacial score (nSPS) is 11.3. The summed E-state index contributed by atoms with van der Waals surface area (Å²) in [4.78, 5) is 0. The summed E-state index contributed by atoms with van der Waals surface area (Å²) in [5.41, 5.74) is 5.83. The molecule has 0 fully saturated rings. The van der Waals surface area contributed by atoms with Gasteiger partial charge < -0.3 is 0 Å². The van der Waals surface area contributed by atoms with Crippen molar-refractivity contribution in [3.8, 4) is 22.4 Å². The van der Waals surface area contributed by atoms with E-state index in [1.165, 1.54) is 12.1 Å². The Morgan fingerprint density at radius 2 is 1.74 bits per heavy atom. The van der Waals surface area contributed by atoms with Gasteiger partial charge in [0.2, 0.25) is 0 Å². The van der Waals surface area contributed by atoms with Crippen LogP contribution in [0, 0.1) is 12.7 Å². The summed E-state index contributed by atoms with van der Waals surface area (Å²) in [6.45, 7) is 2.03. The number of hydrogen-bond acceptors (Lipinski definition) is 2. The van der Waals surface area contributed by atoms with Gasteiger partial charge in [0.25, 0.3) is 0 Å². The van der Waals surface area contributed by atoms with Gasteiger partial charge in [-0.2, -0.15) is 10.2 Å². The Labute approximate surface area is 132 Å². The van der Waals surface area contributed by atoms with Gasteiger partial charge in [0.1, 0.15) is 11.5 Å². The first kappa shape index (κ1) is 13.7. The molecule has 0 spiro atoms. The molecule has 0 unspecified atom stereocenters. The molecule has 0 aliphatic rings. The molecule has 5 heteroatoms. The molecule has 23 heavy (non-hydrogen) atoms. The lowest BCUT2D eigenvalue weighted by Gasteiger charge is -2.01. The highest BCUT2D eigenvalue weighted by Gasteiger charge is 2.17. The van der Waals surface area contributed by atoms with Crippen molar-refractivity contribution in [2.24, 2.45) is 7.05 Å². The van der Waals surface area contributed by atoms with Gasteiger partial charge in [0.05, 0.1) is 11.7 Å². The predicted octanol–water partition coefficient (Wildman–Crippen LogP) is 3.85. The van der Waals surface area contributed by atoms with Crippen LogP contribution in [0.5, 0.6) is 0 Å². The number of aromatic nitrogens is 4. The Hall–Kier alpha value is -2.95. The fourth-order valence-corrected chi connectivity index (χ4v) is 2.80. The largest absolute Gasteiger partial charge is 0.275 e. The summed E-state index contributed by atoms with van der Waals surface area (Å²) in [6.07, 6.45) is 5.77. The molecule has 0 aliphatic carbocycles. The Morgan fingerprint density at radius 3 is 2.43 bits per heavy atom.